The molecule has 0 radical (unpaired) electrons. The maximum Gasteiger partial charge on any atom is 0.493 e. The molecule has 1 aromatic carbocycles. The topological polar surface area (TPSA) is 92.0 Å². The third kappa shape index (κ3) is 5.53. The van der Waals surface area contributed by atoms with E-state index < -0.39 is 59.4 Å². The average molecular weight is 617 g/mol. The summed E-state index contributed by atoms with van der Waals surface area (Å²) in [5, 5.41) is 3.82. The Labute approximate surface area is 241 Å². The molecule has 2 fully saturated rings. The van der Waals surface area contributed by atoms with Crippen LogP contribution in [0.2, 0.25) is 0 Å². The normalized spacial score (nSPS) is 22.1. The molecular weight excluding hydrogens is 586 g/mol. The number of halogens is 6. The van der Waals surface area contributed by atoms with Crippen molar-refractivity contribution in [1.82, 2.24) is 19.4 Å². The zero-order chi connectivity index (χ0) is 31.4. The van der Waals surface area contributed by atoms with Gasteiger partial charge < -0.3 is 15.1 Å². The number of carbonyl (C=O) groups excluding carboxylic acids is 1. The molecule has 1 N–H and O–H groups in total. The number of allylic oxidation sites excluding steroid dienone is 1. The molecular formula is C27H30F6N6O4. The van der Waals surface area contributed by atoms with Crippen LogP contribution < -0.4 is 26.5 Å². The van der Waals surface area contributed by atoms with Crippen LogP contribution in [0.5, 0.6) is 0 Å². The van der Waals surface area contributed by atoms with Crippen molar-refractivity contribution >= 4 is 17.5 Å². The quantitative estimate of drug-likeness (QED) is 0.375. The second-order valence-corrected chi connectivity index (χ2v) is 11.1. The number of benzene rings is 1. The van der Waals surface area contributed by atoms with E-state index in [-0.39, 0.29) is 28.8 Å². The number of hydroxylamine groups is 1. The van der Waals surface area contributed by atoms with E-state index >= 15 is 8.78 Å². The number of anilines is 2. The molecule has 234 valence electrons. The first-order valence-electron chi connectivity index (χ1n) is 13.5. The van der Waals surface area contributed by atoms with E-state index in [2.05, 4.69) is 5.32 Å². The Morgan fingerprint density at radius 3 is 2.40 bits per heavy atom. The molecule has 16 heteroatoms. The van der Waals surface area contributed by atoms with Gasteiger partial charge in [0, 0.05) is 38.3 Å². The highest BCUT2D eigenvalue weighted by Crippen LogP contribution is 2.42. The molecule has 2 aromatic rings. The molecule has 0 bridgehead atoms. The van der Waals surface area contributed by atoms with E-state index in [0.717, 1.165) is 41.5 Å². The van der Waals surface area contributed by atoms with E-state index in [9.17, 15) is 31.9 Å². The first-order valence-corrected chi connectivity index (χ1v) is 13.5. The number of nitrogens with one attached hydrogen (secondary N) is 1. The summed E-state index contributed by atoms with van der Waals surface area (Å²) in [5.74, 6) is -7.49. The first-order chi connectivity index (χ1) is 20.1. The summed E-state index contributed by atoms with van der Waals surface area (Å²) in [6.07, 6.45) is -4.37. The lowest BCUT2D eigenvalue weighted by molar-refractivity contribution is -0.203. The van der Waals surface area contributed by atoms with Gasteiger partial charge in [0.2, 0.25) is 0 Å². The van der Waals surface area contributed by atoms with E-state index in [4.69, 9.17) is 4.84 Å². The molecule has 0 amide bonds. The van der Waals surface area contributed by atoms with Crippen LogP contribution in [0.3, 0.4) is 0 Å². The molecule has 43 heavy (non-hydrogen) atoms. The fourth-order valence-electron chi connectivity index (χ4n) is 5.90. The van der Waals surface area contributed by atoms with Crippen LogP contribution in [-0.2, 0) is 29.1 Å². The van der Waals surface area contributed by atoms with Crippen LogP contribution in [-0.4, -0.2) is 64.7 Å². The number of rotatable bonds is 7. The lowest BCUT2D eigenvalue weighted by atomic mass is 10.1. The summed E-state index contributed by atoms with van der Waals surface area (Å²) in [6.45, 7) is 3.49. The molecule has 10 nitrogen and oxygen atoms in total. The van der Waals surface area contributed by atoms with Gasteiger partial charge in [-0.05, 0) is 44.9 Å². The minimum atomic E-state index is -5.41. The van der Waals surface area contributed by atoms with Gasteiger partial charge in [-0.2, -0.15) is 22.0 Å². The summed E-state index contributed by atoms with van der Waals surface area (Å²) in [4.78, 5) is 47.5. The number of hydrogen-bond donors (Lipinski definition) is 1. The summed E-state index contributed by atoms with van der Waals surface area (Å²) < 4.78 is 85.4. The average Bonchev–Trinajstić information content (AvgIpc) is 3.62. The zero-order valence-corrected chi connectivity index (χ0v) is 23.5. The number of alkyl halides is 5. The maximum absolute atomic E-state index is 15.3. The lowest BCUT2D eigenvalue weighted by Crippen LogP contribution is -2.59. The Kier molecular flexibility index (Phi) is 7.88. The van der Waals surface area contributed by atoms with Crippen molar-refractivity contribution in [2.24, 2.45) is 13.0 Å². The number of likely N-dealkylation sites (tertiary alicyclic amines) is 1. The van der Waals surface area contributed by atoms with Crippen molar-refractivity contribution in [2.75, 3.05) is 36.1 Å². The Morgan fingerprint density at radius 1 is 1.09 bits per heavy atom. The molecule has 5 rings (SSSR count). The Morgan fingerprint density at radius 2 is 1.77 bits per heavy atom. The van der Waals surface area contributed by atoms with Crippen molar-refractivity contribution in [1.29, 1.82) is 0 Å². The summed E-state index contributed by atoms with van der Waals surface area (Å²) in [5.41, 5.74) is -2.74. The highest BCUT2D eigenvalue weighted by atomic mass is 19.4. The van der Waals surface area contributed by atoms with Gasteiger partial charge in [-0.3, -0.25) is 18.8 Å². The predicted octanol–water partition coefficient (Wildman–Crippen LogP) is 2.67. The molecule has 2 saturated heterocycles. The first kappa shape index (κ1) is 30.7. The highest BCUT2D eigenvalue weighted by Gasteiger charge is 2.54. The lowest BCUT2D eigenvalue weighted by Gasteiger charge is -2.39. The molecule has 0 spiro atoms. The minimum Gasteiger partial charge on any atom is -0.327 e. The van der Waals surface area contributed by atoms with E-state index in [1.165, 1.54) is 4.90 Å². The molecule has 3 unspecified atom stereocenters. The molecule has 0 saturated carbocycles. The Balaban J connectivity index is 1.69. The van der Waals surface area contributed by atoms with Crippen molar-refractivity contribution in [3.63, 3.8) is 0 Å². The van der Waals surface area contributed by atoms with Gasteiger partial charge in [0.15, 0.2) is 17.8 Å². The van der Waals surface area contributed by atoms with Crippen LogP contribution in [0.25, 0.3) is 0 Å². The van der Waals surface area contributed by atoms with Crippen LogP contribution in [0.1, 0.15) is 25.8 Å². The van der Waals surface area contributed by atoms with Crippen LogP contribution in [0.15, 0.2) is 45.5 Å². The largest absolute Gasteiger partial charge is 0.493 e. The van der Waals surface area contributed by atoms with Gasteiger partial charge in [0.1, 0.15) is 5.82 Å². The SMILES string of the molecule is CC(C)=CCN1c2c(n(C)c(=O)n(CC(F)(F)c3ccc(F)cc3)c2=O)N(OC(=O)C(F)(F)F)C1N1CCC2CNCC21. The summed E-state index contributed by atoms with van der Waals surface area (Å²) >= 11 is 0. The molecule has 3 aliphatic rings. The minimum absolute atomic E-state index is 0.0802. The molecule has 3 aliphatic heterocycles. The van der Waals surface area contributed by atoms with Gasteiger partial charge >= 0.3 is 17.8 Å². The second-order valence-electron chi connectivity index (χ2n) is 11.1. The van der Waals surface area contributed by atoms with Crippen LogP contribution in [0, 0.1) is 11.7 Å². The van der Waals surface area contributed by atoms with Gasteiger partial charge in [-0.1, -0.05) is 23.8 Å². The molecule has 0 aliphatic carbocycles. The third-order valence-corrected chi connectivity index (χ3v) is 8.00. The van der Waals surface area contributed by atoms with Crippen LogP contribution >= 0.6 is 0 Å². The number of carbonyl (C=O) groups is 1. The number of hydrogen-bond acceptors (Lipinski definition) is 8. The summed E-state index contributed by atoms with van der Waals surface area (Å²) in [7, 11) is 1.09. The fraction of sp³-hybridized carbons (Fsp3) is 0.519. The zero-order valence-electron chi connectivity index (χ0n) is 23.5. The number of nitrogens with zero attached hydrogens (tertiary/aromatic N) is 5. The molecule has 3 atom stereocenters. The third-order valence-electron chi connectivity index (χ3n) is 8.00. The Bertz CT molecular complexity index is 1550. The van der Waals surface area contributed by atoms with Crippen molar-refractivity contribution in [3.05, 3.63) is 68.1 Å². The summed E-state index contributed by atoms with van der Waals surface area (Å²) in [6, 6.07) is 3.07. The molecule has 4 heterocycles. The molecule has 1 aromatic heterocycles. The predicted molar refractivity (Wildman–Crippen MR) is 143 cm³/mol. The fourth-order valence-corrected chi connectivity index (χ4v) is 5.90. The van der Waals surface area contributed by atoms with E-state index in [1.807, 2.05) is 0 Å². The van der Waals surface area contributed by atoms with E-state index in [1.54, 1.807) is 24.8 Å². The van der Waals surface area contributed by atoms with E-state index in [0.29, 0.717) is 31.1 Å². The van der Waals surface area contributed by atoms with Gasteiger partial charge in [0.25, 0.3) is 11.5 Å². The number of fused-ring (bicyclic) bond motifs is 2. The van der Waals surface area contributed by atoms with Gasteiger partial charge in [-0.15, -0.1) is 5.06 Å². The Hall–Kier alpha value is -3.79. The maximum atomic E-state index is 15.3. The standard InChI is InChI=1S/C27H30F6N6O4/c1-15(2)8-10-37-20-21(35(3)25(42)38(22(20)40)14-26(29,30)17-4-6-18(28)7-5-17)39(43-23(41)27(31,32)33)24(37)36-11-9-16-12-34-13-19(16)36/h4-8,16,19,24,34H,9-14H2,1-3H3. The van der Waals surface area contributed by atoms with Crippen LogP contribution in [0.4, 0.5) is 37.8 Å². The number of aromatic nitrogens is 2. The van der Waals surface area contributed by atoms with Crippen molar-refractivity contribution in [3.8, 4) is 0 Å². The van der Waals surface area contributed by atoms with Gasteiger partial charge in [-0.25, -0.2) is 14.0 Å². The second kappa shape index (κ2) is 11.0. The van der Waals surface area contributed by atoms with Crippen molar-refractivity contribution < 1.29 is 36.0 Å². The van der Waals surface area contributed by atoms with Crippen molar-refractivity contribution in [2.45, 2.75) is 51.2 Å². The smallest absolute Gasteiger partial charge is 0.327 e. The highest BCUT2D eigenvalue weighted by molar-refractivity contribution is 5.80. The van der Waals surface area contributed by atoms with Gasteiger partial charge in [0.05, 0.1) is 6.54 Å². The monoisotopic (exact) mass is 616 g/mol.